The molecule has 0 saturated carbocycles. The number of carbonyl (C=O) groups is 1. The molecule has 6 heteroatoms. The Bertz CT molecular complexity index is 665. The van der Waals surface area contributed by atoms with Crippen molar-refractivity contribution < 1.29 is 14.3 Å². The molecule has 6 nitrogen and oxygen atoms in total. The highest BCUT2D eigenvalue weighted by Gasteiger charge is 2.26. The van der Waals surface area contributed by atoms with Crippen molar-refractivity contribution in [2.75, 3.05) is 40.4 Å². The quantitative estimate of drug-likeness (QED) is 0.358. The van der Waals surface area contributed by atoms with Crippen molar-refractivity contribution >= 4 is 11.9 Å². The second-order valence-corrected chi connectivity index (χ2v) is 7.17. The minimum Gasteiger partial charge on any atom is -0.493 e. The van der Waals surface area contributed by atoms with Gasteiger partial charge in [0.2, 0.25) is 0 Å². The van der Waals surface area contributed by atoms with Crippen LogP contribution in [0.4, 0.5) is 0 Å². The fraction of sp³-hybridized carbons (Fsp3) is 0.619. The van der Waals surface area contributed by atoms with Crippen LogP contribution in [0, 0.1) is 26.7 Å². The number of esters is 1. The third kappa shape index (κ3) is 5.88. The van der Waals surface area contributed by atoms with Crippen molar-refractivity contribution in [1.82, 2.24) is 10.2 Å². The van der Waals surface area contributed by atoms with Crippen molar-refractivity contribution in [3.05, 3.63) is 28.8 Å². The normalized spacial score (nSPS) is 15.6. The molecule has 2 rings (SSSR count). The first kappa shape index (κ1) is 21.1. The second kappa shape index (κ2) is 10.2. The minimum atomic E-state index is -0.101. The van der Waals surface area contributed by atoms with E-state index < -0.39 is 0 Å². The van der Waals surface area contributed by atoms with Crippen LogP contribution >= 0.6 is 0 Å². The fourth-order valence-electron chi connectivity index (χ4n) is 3.43. The Morgan fingerprint density at radius 1 is 1.26 bits per heavy atom. The smallest absolute Gasteiger partial charge is 0.308 e. The van der Waals surface area contributed by atoms with Crippen LogP contribution in [0.2, 0.25) is 0 Å². The molecular formula is C21H33N3O3. The molecule has 0 atom stereocenters. The van der Waals surface area contributed by atoms with Gasteiger partial charge in [-0.2, -0.15) is 0 Å². The Morgan fingerprint density at radius 2 is 1.96 bits per heavy atom. The van der Waals surface area contributed by atoms with Gasteiger partial charge in [-0.15, -0.1) is 0 Å². The lowest BCUT2D eigenvalue weighted by Crippen LogP contribution is -2.47. The first-order chi connectivity index (χ1) is 13.0. The first-order valence-electron chi connectivity index (χ1n) is 9.70. The maximum absolute atomic E-state index is 11.6. The highest BCUT2D eigenvalue weighted by Crippen LogP contribution is 2.23. The number of aryl methyl sites for hydroxylation is 2. The molecule has 0 aromatic heterocycles. The molecule has 0 unspecified atom stereocenters. The summed E-state index contributed by atoms with van der Waals surface area (Å²) in [5, 5.41) is 3.40. The topological polar surface area (TPSA) is 63.2 Å². The molecule has 0 spiro atoms. The summed E-state index contributed by atoms with van der Waals surface area (Å²) in [5.74, 6) is 1.78. The van der Waals surface area contributed by atoms with Crippen LogP contribution in [0.15, 0.2) is 17.1 Å². The highest BCUT2D eigenvalue weighted by atomic mass is 16.5. The van der Waals surface area contributed by atoms with Crippen LogP contribution < -0.4 is 10.1 Å². The van der Waals surface area contributed by atoms with E-state index in [4.69, 9.17) is 9.47 Å². The molecule has 1 aromatic rings. The fourth-order valence-corrected chi connectivity index (χ4v) is 3.43. The number of nitrogens with one attached hydrogen (secondary N) is 1. The van der Waals surface area contributed by atoms with Gasteiger partial charge in [0, 0.05) is 26.7 Å². The molecular weight excluding hydrogens is 342 g/mol. The Balaban J connectivity index is 1.72. The molecule has 1 saturated heterocycles. The largest absolute Gasteiger partial charge is 0.493 e. The summed E-state index contributed by atoms with van der Waals surface area (Å²) < 4.78 is 10.8. The predicted molar refractivity (Wildman–Crippen MR) is 108 cm³/mol. The van der Waals surface area contributed by atoms with Crippen LogP contribution in [0.25, 0.3) is 0 Å². The van der Waals surface area contributed by atoms with Gasteiger partial charge in [0.1, 0.15) is 5.75 Å². The number of hydrogen-bond acceptors (Lipinski definition) is 4. The molecule has 27 heavy (non-hydrogen) atoms. The SMILES string of the molecule is CN=C(NCCCOc1cc(C)cc(C)c1C)N1CCC(C(=O)OC)CC1. The number of benzene rings is 1. The monoisotopic (exact) mass is 375 g/mol. The number of guanidine groups is 1. The number of hydrogen-bond donors (Lipinski definition) is 1. The first-order valence-corrected chi connectivity index (χ1v) is 9.70. The van der Waals surface area contributed by atoms with E-state index in [1.807, 2.05) is 0 Å². The van der Waals surface area contributed by atoms with Gasteiger partial charge < -0.3 is 19.7 Å². The minimum absolute atomic E-state index is 0.0128. The molecule has 1 aromatic carbocycles. The molecule has 150 valence electrons. The van der Waals surface area contributed by atoms with Crippen LogP contribution in [0.5, 0.6) is 5.75 Å². The van der Waals surface area contributed by atoms with E-state index in [0.717, 1.165) is 50.6 Å². The van der Waals surface area contributed by atoms with Crippen LogP contribution in [-0.2, 0) is 9.53 Å². The Labute approximate surface area is 162 Å². The number of ether oxygens (including phenoxy) is 2. The van der Waals surface area contributed by atoms with Crippen molar-refractivity contribution in [3.8, 4) is 5.75 Å². The lowest BCUT2D eigenvalue weighted by atomic mass is 9.97. The van der Waals surface area contributed by atoms with E-state index in [2.05, 4.69) is 48.1 Å². The lowest BCUT2D eigenvalue weighted by Gasteiger charge is -2.33. The summed E-state index contributed by atoms with van der Waals surface area (Å²) in [6.07, 6.45) is 2.51. The second-order valence-electron chi connectivity index (χ2n) is 7.17. The highest BCUT2D eigenvalue weighted by molar-refractivity contribution is 5.80. The number of rotatable bonds is 6. The predicted octanol–water partition coefficient (Wildman–Crippen LogP) is 2.84. The van der Waals surface area contributed by atoms with E-state index >= 15 is 0 Å². The maximum atomic E-state index is 11.6. The number of methoxy groups -OCH3 is 1. The Morgan fingerprint density at radius 3 is 2.59 bits per heavy atom. The summed E-state index contributed by atoms with van der Waals surface area (Å²) in [4.78, 5) is 18.2. The van der Waals surface area contributed by atoms with Gasteiger partial charge in [-0.05, 0) is 62.8 Å². The van der Waals surface area contributed by atoms with Crippen molar-refractivity contribution in [1.29, 1.82) is 0 Å². The maximum Gasteiger partial charge on any atom is 0.308 e. The van der Waals surface area contributed by atoms with Gasteiger partial charge in [-0.1, -0.05) is 6.07 Å². The zero-order valence-electron chi connectivity index (χ0n) is 17.3. The Kier molecular flexibility index (Phi) is 7.95. The molecule has 1 heterocycles. The molecule has 1 aliphatic rings. The van der Waals surface area contributed by atoms with Gasteiger partial charge in [0.05, 0.1) is 19.6 Å². The van der Waals surface area contributed by atoms with Crippen LogP contribution in [0.3, 0.4) is 0 Å². The molecule has 0 radical (unpaired) electrons. The zero-order valence-corrected chi connectivity index (χ0v) is 17.3. The van der Waals surface area contributed by atoms with Gasteiger partial charge in [0.25, 0.3) is 0 Å². The van der Waals surface area contributed by atoms with Crippen molar-refractivity contribution in [2.24, 2.45) is 10.9 Å². The van der Waals surface area contributed by atoms with E-state index in [-0.39, 0.29) is 11.9 Å². The number of likely N-dealkylation sites (tertiary alicyclic amines) is 1. The number of nitrogens with zero attached hydrogens (tertiary/aromatic N) is 2. The van der Waals surface area contributed by atoms with Crippen molar-refractivity contribution in [3.63, 3.8) is 0 Å². The molecule has 0 bridgehead atoms. The average molecular weight is 376 g/mol. The van der Waals surface area contributed by atoms with E-state index in [9.17, 15) is 4.79 Å². The number of carbonyl (C=O) groups excluding carboxylic acids is 1. The van der Waals surface area contributed by atoms with Gasteiger partial charge in [-0.3, -0.25) is 9.79 Å². The standard InChI is InChI=1S/C21H33N3O3/c1-15-13-16(2)17(3)19(14-15)27-12-6-9-23-21(22-4)24-10-7-18(8-11-24)20(25)26-5/h13-14,18H,6-12H2,1-5H3,(H,22,23). The van der Waals surface area contributed by atoms with E-state index in [1.165, 1.54) is 23.8 Å². The summed E-state index contributed by atoms with van der Waals surface area (Å²) >= 11 is 0. The molecule has 1 fully saturated rings. The molecule has 1 N–H and O–H groups in total. The van der Waals surface area contributed by atoms with Gasteiger partial charge in [0.15, 0.2) is 5.96 Å². The van der Waals surface area contributed by atoms with Crippen LogP contribution in [-0.4, -0.2) is 57.2 Å². The van der Waals surface area contributed by atoms with Gasteiger partial charge in [-0.25, -0.2) is 0 Å². The third-order valence-electron chi connectivity index (χ3n) is 5.17. The van der Waals surface area contributed by atoms with Crippen LogP contribution in [0.1, 0.15) is 36.0 Å². The Hall–Kier alpha value is -2.24. The third-order valence-corrected chi connectivity index (χ3v) is 5.17. The zero-order chi connectivity index (χ0) is 19.8. The summed E-state index contributed by atoms with van der Waals surface area (Å²) in [6.45, 7) is 9.40. The van der Waals surface area contributed by atoms with Crippen molar-refractivity contribution in [2.45, 2.75) is 40.0 Å². The summed E-state index contributed by atoms with van der Waals surface area (Å²) in [5.41, 5.74) is 3.69. The van der Waals surface area contributed by atoms with Gasteiger partial charge >= 0.3 is 5.97 Å². The summed E-state index contributed by atoms with van der Waals surface area (Å²) in [7, 11) is 3.25. The molecule has 0 amide bonds. The average Bonchev–Trinajstić information content (AvgIpc) is 2.67. The van der Waals surface area contributed by atoms with E-state index in [0.29, 0.717) is 6.61 Å². The van der Waals surface area contributed by atoms with E-state index in [1.54, 1.807) is 7.05 Å². The molecule has 0 aliphatic carbocycles. The number of piperidine rings is 1. The summed E-state index contributed by atoms with van der Waals surface area (Å²) in [6, 6.07) is 4.28. The number of aliphatic imine (C=N–C) groups is 1. The molecule has 1 aliphatic heterocycles. The lowest BCUT2D eigenvalue weighted by molar-refractivity contribution is -0.146.